The van der Waals surface area contributed by atoms with Gasteiger partial charge in [0.25, 0.3) is 0 Å². The third-order valence-corrected chi connectivity index (χ3v) is 22.3. The van der Waals surface area contributed by atoms with E-state index in [1.165, 1.54) is 84.0 Å². The van der Waals surface area contributed by atoms with Crippen LogP contribution in [0.4, 0.5) is 0 Å². The quantitative estimate of drug-likeness (QED) is 0.126. The molecule has 7 heteroatoms. The van der Waals surface area contributed by atoms with Gasteiger partial charge in [-0.25, -0.2) is 0 Å². The van der Waals surface area contributed by atoms with Gasteiger partial charge in [-0.15, -0.1) is 0 Å². The molecule has 0 aromatic heterocycles. The molecule has 21 atom stereocenters. The topological polar surface area (TPSA) is 142 Å². The summed E-state index contributed by atoms with van der Waals surface area (Å²) in [6, 6.07) is 0. The molecule has 532 valence electrons. The number of allylic oxidation sites excluding steroid dienone is 11. The largest absolute Gasteiger partial charge is 0.393 e. The standard InChI is InChI=1S/7C12H22O/c1-9(2)6-12(4)7-10(3)5-11(13)8-12;1-9(2)8-12(4)6-5-10(3)7-11(12)13;1-9(2)7-12(4)6-5-10(3)11(13)8-12;1-9(2)7-12(4)8-11(13)6-5-10(12)3;1-9(2)7-12(4)8-10(3)5-6-11(12)13;1-9(2)8-12(4)7-5-6-11(13)10(12)3;1-9(2)8-12(4)7-5-6-10(3)11(12)13/h6,10-11,13H,5,7-8H2,1-4H3;8,10-11,13H,5-7H2,1-4H3;3*7,10-11,13H,5-6,8H2,1-4H3;2*8,10-11,13H,5-7H2,1-4H3. The van der Waals surface area contributed by atoms with Gasteiger partial charge >= 0.3 is 0 Å². The lowest BCUT2D eigenvalue weighted by Crippen LogP contribution is -2.39. The van der Waals surface area contributed by atoms with E-state index < -0.39 is 0 Å². The van der Waals surface area contributed by atoms with E-state index in [2.05, 4.69) is 236 Å². The summed E-state index contributed by atoms with van der Waals surface area (Å²) in [6.45, 7) is 60.9. The van der Waals surface area contributed by atoms with E-state index in [1.54, 1.807) is 0 Å². The normalized spacial score (nSPS) is 40.1. The molecule has 7 nitrogen and oxygen atoms in total. The van der Waals surface area contributed by atoms with Gasteiger partial charge < -0.3 is 35.7 Å². The molecule has 0 bridgehead atoms. The minimum atomic E-state index is -0.156. The lowest BCUT2D eigenvalue weighted by molar-refractivity contribution is -0.00876. The summed E-state index contributed by atoms with van der Waals surface area (Å²) in [5.74, 6) is 4.14. The second kappa shape index (κ2) is 38.7. The SMILES string of the molecule is CC(C)=CC1(C)CC(C)CC(O)C1.CC(C)=CC1(C)CC(C)CCC1O.CC(C)=CC1(C)CC(O)CCC1C.CC(C)=CC1(C)CCC(C)C(O)C1.CC(C)=CC1(C)CCC(C)CC1O.CC(C)=CC1(C)CCCC(C)C1O.CC(C)=CC1(C)CCCC(O)C1C. The highest BCUT2D eigenvalue weighted by Crippen LogP contribution is 2.47. The van der Waals surface area contributed by atoms with E-state index in [0.717, 1.165) is 95.8 Å². The molecule has 7 fully saturated rings. The van der Waals surface area contributed by atoms with Crippen LogP contribution in [0.5, 0.6) is 0 Å². The maximum atomic E-state index is 10.1. The van der Waals surface area contributed by atoms with Crippen molar-refractivity contribution in [1.82, 2.24) is 0 Å². The first-order valence-electron chi connectivity index (χ1n) is 37.0. The van der Waals surface area contributed by atoms with Crippen LogP contribution in [0.2, 0.25) is 0 Å². The molecule has 7 aliphatic rings. The predicted octanol–water partition coefficient (Wildman–Crippen LogP) is 22.0. The molecule has 7 saturated carbocycles. The fourth-order valence-corrected chi connectivity index (χ4v) is 17.6. The molecule has 0 aromatic rings. The second-order valence-electron chi connectivity index (χ2n) is 35.8. The summed E-state index contributed by atoms with van der Waals surface area (Å²) in [5.41, 5.74) is 10.4. The molecular formula is C84H154O7. The van der Waals surface area contributed by atoms with Crippen LogP contribution in [0, 0.1) is 79.3 Å². The van der Waals surface area contributed by atoms with Crippen LogP contribution in [0.25, 0.3) is 0 Å². The molecule has 0 radical (unpaired) electrons. The van der Waals surface area contributed by atoms with Crippen LogP contribution >= 0.6 is 0 Å². The monoisotopic (exact) mass is 1280 g/mol. The highest BCUT2D eigenvalue weighted by molar-refractivity contribution is 5.13. The van der Waals surface area contributed by atoms with Gasteiger partial charge in [0.1, 0.15) is 0 Å². The average molecular weight is 1280 g/mol. The molecule has 21 unspecified atom stereocenters. The number of hydrogen-bond donors (Lipinski definition) is 7. The van der Waals surface area contributed by atoms with Gasteiger partial charge in [0.2, 0.25) is 0 Å². The molecule has 7 rings (SSSR count). The van der Waals surface area contributed by atoms with Crippen molar-refractivity contribution in [2.45, 2.75) is 371 Å². The van der Waals surface area contributed by atoms with Gasteiger partial charge in [0.15, 0.2) is 0 Å². The lowest BCUT2D eigenvalue weighted by atomic mass is 9.66. The van der Waals surface area contributed by atoms with Crippen LogP contribution in [0.3, 0.4) is 0 Å². The average Bonchev–Trinajstić information content (AvgIpc) is 1.33. The van der Waals surface area contributed by atoms with Crippen LogP contribution in [-0.4, -0.2) is 78.5 Å². The number of rotatable bonds is 7. The molecule has 7 aliphatic carbocycles. The van der Waals surface area contributed by atoms with Gasteiger partial charge in [0.05, 0.1) is 42.7 Å². The highest BCUT2D eigenvalue weighted by Gasteiger charge is 2.41. The molecule has 0 spiro atoms. The highest BCUT2D eigenvalue weighted by atomic mass is 16.3. The maximum absolute atomic E-state index is 10.1. The first kappa shape index (κ1) is 86.9. The molecule has 0 aliphatic heterocycles. The summed E-state index contributed by atoms with van der Waals surface area (Å²) in [4.78, 5) is 0. The molecule has 0 saturated heterocycles. The Hall–Kier alpha value is -2.10. The minimum Gasteiger partial charge on any atom is -0.393 e. The maximum Gasteiger partial charge on any atom is 0.0653 e. The molecule has 0 heterocycles. The van der Waals surface area contributed by atoms with E-state index in [4.69, 9.17) is 0 Å². The molecule has 0 amide bonds. The zero-order chi connectivity index (χ0) is 70.4. The number of aliphatic hydroxyl groups excluding tert-OH is 7. The van der Waals surface area contributed by atoms with Gasteiger partial charge in [-0.1, -0.05) is 191 Å². The van der Waals surface area contributed by atoms with E-state index in [0.29, 0.717) is 35.5 Å². The Morgan fingerprint density at radius 3 is 1.29 bits per heavy atom. The smallest absolute Gasteiger partial charge is 0.0653 e. The lowest BCUT2D eigenvalue weighted by Gasteiger charge is -2.41. The first-order chi connectivity index (χ1) is 41.6. The van der Waals surface area contributed by atoms with Crippen LogP contribution in [0.1, 0.15) is 329 Å². The van der Waals surface area contributed by atoms with Crippen LogP contribution < -0.4 is 0 Å². The fraction of sp³-hybridized carbons (Fsp3) is 0.833. The predicted molar refractivity (Wildman–Crippen MR) is 396 cm³/mol. The van der Waals surface area contributed by atoms with E-state index in [1.807, 2.05) is 0 Å². The van der Waals surface area contributed by atoms with Crippen molar-refractivity contribution in [1.29, 1.82) is 0 Å². The van der Waals surface area contributed by atoms with Crippen LogP contribution in [-0.2, 0) is 0 Å². The van der Waals surface area contributed by atoms with E-state index in [-0.39, 0.29) is 80.6 Å². The third-order valence-electron chi connectivity index (χ3n) is 22.3. The molecule has 7 N–H and O–H groups in total. The van der Waals surface area contributed by atoms with Crippen molar-refractivity contribution in [3.05, 3.63) is 81.5 Å². The zero-order valence-electron chi connectivity index (χ0n) is 65.1. The molecule has 0 aromatic carbocycles. The number of aliphatic hydroxyl groups is 7. The fourth-order valence-electron chi connectivity index (χ4n) is 17.6. The Morgan fingerprint density at radius 2 is 0.780 bits per heavy atom. The van der Waals surface area contributed by atoms with Crippen molar-refractivity contribution >= 4 is 0 Å². The number of hydrogen-bond acceptors (Lipinski definition) is 7. The Morgan fingerprint density at radius 1 is 0.308 bits per heavy atom. The van der Waals surface area contributed by atoms with Gasteiger partial charge in [-0.05, 0) is 282 Å². The Bertz CT molecular complexity index is 2190. The van der Waals surface area contributed by atoms with Crippen molar-refractivity contribution in [2.75, 3.05) is 0 Å². The summed E-state index contributed by atoms with van der Waals surface area (Å²) < 4.78 is 0. The van der Waals surface area contributed by atoms with Crippen molar-refractivity contribution in [3.8, 4) is 0 Å². The Labute approximate surface area is 565 Å². The van der Waals surface area contributed by atoms with Crippen molar-refractivity contribution in [3.63, 3.8) is 0 Å². The molecule has 91 heavy (non-hydrogen) atoms. The van der Waals surface area contributed by atoms with Gasteiger partial charge in [-0.2, -0.15) is 0 Å². The van der Waals surface area contributed by atoms with Crippen molar-refractivity contribution in [2.24, 2.45) is 79.3 Å². The molecular weight excluding hydrogens is 1120 g/mol. The second-order valence-corrected chi connectivity index (χ2v) is 35.8. The van der Waals surface area contributed by atoms with Crippen LogP contribution in [0.15, 0.2) is 81.5 Å². The summed E-state index contributed by atoms with van der Waals surface area (Å²) in [7, 11) is 0. The Kier molecular flexibility index (Phi) is 37.0. The third kappa shape index (κ3) is 31.3. The zero-order valence-corrected chi connectivity index (χ0v) is 65.1. The van der Waals surface area contributed by atoms with E-state index >= 15 is 0 Å². The first-order valence-corrected chi connectivity index (χ1v) is 37.0. The van der Waals surface area contributed by atoms with E-state index in [9.17, 15) is 35.7 Å². The van der Waals surface area contributed by atoms with Crippen molar-refractivity contribution < 1.29 is 35.7 Å². The summed E-state index contributed by atoms with van der Waals surface area (Å²) in [5, 5.41) is 69.0. The minimum absolute atomic E-state index is 0.0243. The van der Waals surface area contributed by atoms with Gasteiger partial charge in [0, 0.05) is 16.2 Å². The Balaban J connectivity index is 0.000000531. The van der Waals surface area contributed by atoms with Gasteiger partial charge in [-0.3, -0.25) is 0 Å². The summed E-state index contributed by atoms with van der Waals surface area (Å²) in [6.07, 6.45) is 38.2. The summed E-state index contributed by atoms with van der Waals surface area (Å²) >= 11 is 0.